The second kappa shape index (κ2) is 8.35. The van der Waals surface area contributed by atoms with Crippen molar-refractivity contribution in [2.75, 3.05) is 5.75 Å². The van der Waals surface area contributed by atoms with E-state index in [0.29, 0.717) is 5.92 Å². The van der Waals surface area contributed by atoms with Crippen molar-refractivity contribution in [3.05, 3.63) is 35.9 Å². The normalized spacial score (nSPS) is 17.8. The molecule has 0 spiro atoms. The molecule has 1 aliphatic rings. The minimum absolute atomic E-state index is 0.174. The number of carboxylic acid groups (broad SMARTS) is 1. The SMILES string of the molecule is O=C(O)C(CSCc1ccccc1)CC1CCCCC1. The van der Waals surface area contributed by atoms with Crippen LogP contribution < -0.4 is 0 Å². The van der Waals surface area contributed by atoms with E-state index in [9.17, 15) is 9.90 Å². The van der Waals surface area contributed by atoms with Gasteiger partial charge in [-0.2, -0.15) is 11.8 Å². The van der Waals surface area contributed by atoms with Gasteiger partial charge in [0.05, 0.1) is 5.92 Å². The van der Waals surface area contributed by atoms with Crippen molar-refractivity contribution < 1.29 is 9.90 Å². The van der Waals surface area contributed by atoms with Crippen molar-refractivity contribution >= 4 is 17.7 Å². The molecule has 20 heavy (non-hydrogen) atoms. The topological polar surface area (TPSA) is 37.3 Å². The zero-order valence-corrected chi connectivity index (χ0v) is 12.8. The summed E-state index contributed by atoms with van der Waals surface area (Å²) in [5.41, 5.74) is 1.28. The van der Waals surface area contributed by atoms with E-state index in [1.54, 1.807) is 11.8 Å². The molecule has 1 aromatic rings. The summed E-state index contributed by atoms with van der Waals surface area (Å²) in [4.78, 5) is 11.4. The summed E-state index contributed by atoms with van der Waals surface area (Å²) >= 11 is 1.75. The van der Waals surface area contributed by atoms with Gasteiger partial charge in [-0.15, -0.1) is 0 Å². The average molecular weight is 292 g/mol. The number of aliphatic carboxylic acids is 1. The molecule has 1 saturated carbocycles. The Balaban J connectivity index is 1.75. The third-order valence-corrected chi connectivity index (χ3v) is 5.30. The summed E-state index contributed by atoms with van der Waals surface area (Å²) in [5, 5.41) is 9.39. The Labute approximate surface area is 126 Å². The molecule has 1 atom stereocenters. The van der Waals surface area contributed by atoms with Gasteiger partial charge >= 0.3 is 5.97 Å². The molecule has 0 heterocycles. The Morgan fingerprint density at radius 3 is 2.55 bits per heavy atom. The number of benzene rings is 1. The number of hydrogen-bond acceptors (Lipinski definition) is 2. The molecule has 2 nitrogen and oxygen atoms in total. The minimum atomic E-state index is -0.615. The Hall–Kier alpha value is -0.960. The summed E-state index contributed by atoms with van der Waals surface area (Å²) < 4.78 is 0. The zero-order valence-electron chi connectivity index (χ0n) is 12.0. The third-order valence-electron chi connectivity index (χ3n) is 4.12. The Morgan fingerprint density at radius 1 is 1.20 bits per heavy atom. The van der Waals surface area contributed by atoms with Crippen LogP contribution >= 0.6 is 11.8 Å². The molecule has 1 unspecified atom stereocenters. The van der Waals surface area contributed by atoms with E-state index in [1.165, 1.54) is 37.7 Å². The fourth-order valence-electron chi connectivity index (χ4n) is 2.96. The minimum Gasteiger partial charge on any atom is -0.481 e. The van der Waals surface area contributed by atoms with Crippen LogP contribution in [-0.4, -0.2) is 16.8 Å². The zero-order chi connectivity index (χ0) is 14.2. The molecule has 110 valence electrons. The lowest BCUT2D eigenvalue weighted by Crippen LogP contribution is -2.21. The van der Waals surface area contributed by atoms with E-state index in [1.807, 2.05) is 18.2 Å². The lowest BCUT2D eigenvalue weighted by atomic mass is 9.83. The maximum atomic E-state index is 11.4. The van der Waals surface area contributed by atoms with Gasteiger partial charge in [-0.3, -0.25) is 4.79 Å². The van der Waals surface area contributed by atoms with E-state index in [-0.39, 0.29) is 5.92 Å². The second-order valence-corrected chi connectivity index (χ2v) is 6.81. The largest absolute Gasteiger partial charge is 0.481 e. The van der Waals surface area contributed by atoms with Gasteiger partial charge in [0.2, 0.25) is 0 Å². The van der Waals surface area contributed by atoms with E-state index >= 15 is 0 Å². The van der Waals surface area contributed by atoms with E-state index < -0.39 is 5.97 Å². The summed E-state index contributed by atoms with van der Waals surface area (Å²) in [7, 11) is 0. The molecule has 0 bridgehead atoms. The number of thioether (sulfide) groups is 1. The van der Waals surface area contributed by atoms with Gasteiger partial charge in [0.15, 0.2) is 0 Å². The highest BCUT2D eigenvalue weighted by atomic mass is 32.2. The molecular formula is C17H24O2S. The molecule has 1 fully saturated rings. The van der Waals surface area contributed by atoms with Crippen LogP contribution in [0.1, 0.15) is 44.1 Å². The van der Waals surface area contributed by atoms with Crippen molar-refractivity contribution in [2.24, 2.45) is 11.8 Å². The summed E-state index contributed by atoms with van der Waals surface area (Å²) in [6.45, 7) is 0. The molecule has 1 aromatic carbocycles. The molecule has 1 aliphatic carbocycles. The Bertz CT molecular complexity index is 399. The molecule has 3 heteroatoms. The number of carboxylic acids is 1. The van der Waals surface area contributed by atoms with Gasteiger partial charge in [0.1, 0.15) is 0 Å². The first-order valence-electron chi connectivity index (χ1n) is 7.60. The Morgan fingerprint density at radius 2 is 1.90 bits per heavy atom. The van der Waals surface area contributed by atoms with E-state index in [2.05, 4.69) is 12.1 Å². The summed E-state index contributed by atoms with van der Waals surface area (Å²) in [5.74, 6) is 1.50. The predicted molar refractivity (Wildman–Crippen MR) is 84.9 cm³/mol. The first kappa shape index (κ1) is 15.4. The molecule has 0 saturated heterocycles. The molecule has 2 rings (SSSR count). The van der Waals surface area contributed by atoms with Crippen LogP contribution in [0.3, 0.4) is 0 Å². The summed E-state index contributed by atoms with van der Waals surface area (Å²) in [6.07, 6.45) is 7.23. The monoisotopic (exact) mass is 292 g/mol. The molecule has 0 aliphatic heterocycles. The van der Waals surface area contributed by atoms with Crippen LogP contribution in [0, 0.1) is 11.8 Å². The lowest BCUT2D eigenvalue weighted by molar-refractivity contribution is -0.141. The van der Waals surface area contributed by atoms with Crippen molar-refractivity contribution in [3.63, 3.8) is 0 Å². The van der Waals surface area contributed by atoms with Crippen molar-refractivity contribution in [1.82, 2.24) is 0 Å². The van der Waals surface area contributed by atoms with Crippen molar-refractivity contribution in [2.45, 2.75) is 44.3 Å². The maximum absolute atomic E-state index is 11.4. The number of hydrogen-bond donors (Lipinski definition) is 1. The first-order chi connectivity index (χ1) is 9.75. The predicted octanol–water partition coefficient (Wildman–Crippen LogP) is 4.59. The van der Waals surface area contributed by atoms with Crippen molar-refractivity contribution in [3.8, 4) is 0 Å². The van der Waals surface area contributed by atoms with Gasteiger partial charge < -0.3 is 5.11 Å². The molecular weight excluding hydrogens is 268 g/mol. The smallest absolute Gasteiger partial charge is 0.307 e. The van der Waals surface area contributed by atoms with Crippen LogP contribution in [0.25, 0.3) is 0 Å². The fourth-order valence-corrected chi connectivity index (χ4v) is 4.07. The lowest BCUT2D eigenvalue weighted by Gasteiger charge is -2.24. The van der Waals surface area contributed by atoms with Gasteiger partial charge in [0, 0.05) is 11.5 Å². The van der Waals surface area contributed by atoms with Crippen LogP contribution in [0.4, 0.5) is 0 Å². The standard InChI is InChI=1S/C17H24O2S/c18-17(19)16(11-14-7-3-1-4-8-14)13-20-12-15-9-5-2-6-10-15/h2,5-6,9-10,14,16H,1,3-4,7-8,11-13H2,(H,18,19). The molecule has 1 N–H and O–H groups in total. The average Bonchev–Trinajstić information content (AvgIpc) is 2.48. The van der Waals surface area contributed by atoms with Gasteiger partial charge in [-0.1, -0.05) is 62.4 Å². The van der Waals surface area contributed by atoms with Crippen LogP contribution in [0.5, 0.6) is 0 Å². The van der Waals surface area contributed by atoms with Gasteiger partial charge in [0.25, 0.3) is 0 Å². The Kier molecular flexibility index (Phi) is 6.44. The molecule has 0 amide bonds. The van der Waals surface area contributed by atoms with Gasteiger partial charge in [-0.25, -0.2) is 0 Å². The van der Waals surface area contributed by atoms with Crippen LogP contribution in [-0.2, 0) is 10.5 Å². The molecule has 0 radical (unpaired) electrons. The first-order valence-corrected chi connectivity index (χ1v) is 8.75. The van der Waals surface area contributed by atoms with E-state index in [4.69, 9.17) is 0 Å². The number of carbonyl (C=O) groups is 1. The van der Waals surface area contributed by atoms with Crippen molar-refractivity contribution in [1.29, 1.82) is 0 Å². The van der Waals surface area contributed by atoms with Gasteiger partial charge in [-0.05, 0) is 17.9 Å². The fraction of sp³-hybridized carbons (Fsp3) is 0.588. The quantitative estimate of drug-likeness (QED) is 0.798. The maximum Gasteiger partial charge on any atom is 0.307 e. The third kappa shape index (κ3) is 5.20. The highest BCUT2D eigenvalue weighted by Gasteiger charge is 2.23. The van der Waals surface area contributed by atoms with Crippen LogP contribution in [0.2, 0.25) is 0 Å². The molecule has 0 aromatic heterocycles. The summed E-state index contributed by atoms with van der Waals surface area (Å²) in [6, 6.07) is 10.3. The highest BCUT2D eigenvalue weighted by Crippen LogP contribution is 2.30. The van der Waals surface area contributed by atoms with Crippen LogP contribution in [0.15, 0.2) is 30.3 Å². The highest BCUT2D eigenvalue weighted by molar-refractivity contribution is 7.98. The number of rotatable bonds is 7. The van der Waals surface area contributed by atoms with E-state index in [0.717, 1.165) is 17.9 Å². The second-order valence-electron chi connectivity index (χ2n) is 5.78.